The van der Waals surface area contributed by atoms with Gasteiger partial charge in [0.1, 0.15) is 6.04 Å². The van der Waals surface area contributed by atoms with Gasteiger partial charge >= 0.3 is 0 Å². The van der Waals surface area contributed by atoms with E-state index in [9.17, 15) is 19.7 Å². The van der Waals surface area contributed by atoms with E-state index in [1.54, 1.807) is 6.07 Å². The maximum absolute atomic E-state index is 11.8. The van der Waals surface area contributed by atoms with Crippen LogP contribution in [0, 0.1) is 10.1 Å². The van der Waals surface area contributed by atoms with Crippen LogP contribution in [0.15, 0.2) is 36.9 Å². The van der Waals surface area contributed by atoms with Gasteiger partial charge in [-0.25, -0.2) is 0 Å². The summed E-state index contributed by atoms with van der Waals surface area (Å²) >= 11 is 0. The zero-order valence-electron chi connectivity index (χ0n) is 10.7. The average molecular weight is 277 g/mol. The Morgan fingerprint density at radius 1 is 1.50 bits per heavy atom. The first-order chi connectivity index (χ1) is 9.43. The molecule has 106 valence electrons. The van der Waals surface area contributed by atoms with Crippen molar-refractivity contribution < 1.29 is 14.5 Å². The Balaban J connectivity index is 2.70. The van der Waals surface area contributed by atoms with Gasteiger partial charge in [0, 0.05) is 12.1 Å². The average Bonchev–Trinajstić information content (AvgIpc) is 2.38. The van der Waals surface area contributed by atoms with E-state index in [0.717, 1.165) is 0 Å². The third-order valence-corrected chi connectivity index (χ3v) is 2.57. The number of nitro groups is 1. The Morgan fingerprint density at radius 2 is 2.20 bits per heavy atom. The molecule has 7 heteroatoms. The molecule has 2 amide bonds. The first-order valence-electron chi connectivity index (χ1n) is 5.87. The van der Waals surface area contributed by atoms with Gasteiger partial charge in [-0.3, -0.25) is 19.7 Å². The fraction of sp³-hybridized carbons (Fsp3) is 0.231. The van der Waals surface area contributed by atoms with Crippen LogP contribution in [0.25, 0.3) is 0 Å². The molecule has 0 radical (unpaired) electrons. The van der Waals surface area contributed by atoms with Crippen LogP contribution >= 0.6 is 0 Å². The number of primary amides is 1. The topological polar surface area (TPSA) is 115 Å². The molecule has 0 saturated carbocycles. The van der Waals surface area contributed by atoms with Crippen molar-refractivity contribution in [3.8, 4) is 0 Å². The first-order valence-corrected chi connectivity index (χ1v) is 5.87. The molecular formula is C13H15N3O4. The minimum Gasteiger partial charge on any atom is -0.368 e. The molecule has 0 bridgehead atoms. The van der Waals surface area contributed by atoms with Gasteiger partial charge in [-0.2, -0.15) is 0 Å². The molecule has 0 fully saturated rings. The Morgan fingerprint density at radius 3 is 2.75 bits per heavy atom. The van der Waals surface area contributed by atoms with E-state index in [2.05, 4.69) is 11.9 Å². The number of nitrogens with zero attached hydrogens (tertiary/aromatic N) is 1. The monoisotopic (exact) mass is 277 g/mol. The molecule has 1 aromatic rings. The second-order valence-electron chi connectivity index (χ2n) is 4.15. The van der Waals surface area contributed by atoms with E-state index in [4.69, 9.17) is 5.73 Å². The number of hydrogen-bond donors (Lipinski definition) is 2. The molecule has 3 N–H and O–H groups in total. The van der Waals surface area contributed by atoms with E-state index in [1.165, 1.54) is 24.3 Å². The van der Waals surface area contributed by atoms with Gasteiger partial charge in [-0.05, 0) is 12.0 Å². The van der Waals surface area contributed by atoms with E-state index < -0.39 is 22.8 Å². The second kappa shape index (κ2) is 7.03. The number of nitrogens with two attached hydrogens (primary N) is 1. The molecule has 1 atom stereocenters. The highest BCUT2D eigenvalue weighted by molar-refractivity contribution is 5.87. The fourth-order valence-electron chi connectivity index (χ4n) is 1.62. The lowest BCUT2D eigenvalue weighted by Gasteiger charge is -2.13. The predicted molar refractivity (Wildman–Crippen MR) is 72.7 cm³/mol. The molecule has 0 unspecified atom stereocenters. The van der Waals surface area contributed by atoms with Gasteiger partial charge in [0.2, 0.25) is 11.8 Å². The molecule has 7 nitrogen and oxygen atoms in total. The van der Waals surface area contributed by atoms with Crippen molar-refractivity contribution in [1.82, 2.24) is 5.32 Å². The molecule has 1 rings (SSSR count). The summed E-state index contributed by atoms with van der Waals surface area (Å²) in [5.41, 5.74) is 5.53. The van der Waals surface area contributed by atoms with Crippen LogP contribution in [0.4, 0.5) is 5.69 Å². The van der Waals surface area contributed by atoms with E-state index in [0.29, 0.717) is 5.56 Å². The Hall–Kier alpha value is -2.70. The number of amides is 2. The second-order valence-corrected chi connectivity index (χ2v) is 4.15. The highest BCUT2D eigenvalue weighted by Gasteiger charge is 2.17. The van der Waals surface area contributed by atoms with Crippen LogP contribution in [0.1, 0.15) is 12.0 Å². The maximum Gasteiger partial charge on any atom is 0.269 e. The summed E-state index contributed by atoms with van der Waals surface area (Å²) in [6.07, 6.45) is 1.64. The SMILES string of the molecule is C=CC[C@@H](NC(=O)Cc1cccc([N+](=O)[O-])c1)C(N)=O. The normalized spacial score (nSPS) is 11.4. The summed E-state index contributed by atoms with van der Waals surface area (Å²) in [6.45, 7) is 3.47. The zero-order valence-corrected chi connectivity index (χ0v) is 10.7. The van der Waals surface area contributed by atoms with Crippen molar-refractivity contribution in [3.63, 3.8) is 0 Å². The number of nitro benzene ring substituents is 1. The van der Waals surface area contributed by atoms with E-state index in [-0.39, 0.29) is 18.5 Å². The number of carbonyl (C=O) groups is 2. The van der Waals surface area contributed by atoms with Crippen molar-refractivity contribution in [3.05, 3.63) is 52.6 Å². The lowest BCUT2D eigenvalue weighted by atomic mass is 10.1. The molecule has 0 aliphatic carbocycles. The van der Waals surface area contributed by atoms with Gasteiger partial charge in [-0.15, -0.1) is 6.58 Å². The van der Waals surface area contributed by atoms with Gasteiger partial charge in [0.05, 0.1) is 11.3 Å². The Bertz CT molecular complexity index is 542. The number of hydrogen-bond acceptors (Lipinski definition) is 4. The number of carbonyl (C=O) groups excluding carboxylic acids is 2. The molecule has 0 saturated heterocycles. The van der Waals surface area contributed by atoms with Gasteiger partial charge in [-0.1, -0.05) is 18.2 Å². The minimum atomic E-state index is -0.821. The van der Waals surface area contributed by atoms with Crippen molar-refractivity contribution in [2.75, 3.05) is 0 Å². The van der Waals surface area contributed by atoms with Crippen molar-refractivity contribution in [1.29, 1.82) is 0 Å². The quantitative estimate of drug-likeness (QED) is 0.433. The van der Waals surface area contributed by atoms with Crippen LogP contribution in [-0.4, -0.2) is 22.8 Å². The highest BCUT2D eigenvalue weighted by atomic mass is 16.6. The largest absolute Gasteiger partial charge is 0.368 e. The summed E-state index contributed by atoms with van der Waals surface area (Å²) in [7, 11) is 0. The van der Waals surface area contributed by atoms with Gasteiger partial charge in [0.15, 0.2) is 0 Å². The number of rotatable bonds is 7. The number of nitrogens with one attached hydrogen (secondary N) is 1. The van der Waals surface area contributed by atoms with Crippen LogP contribution in [-0.2, 0) is 16.0 Å². The molecule has 0 aliphatic heterocycles. The van der Waals surface area contributed by atoms with Crippen LogP contribution < -0.4 is 11.1 Å². The van der Waals surface area contributed by atoms with Crippen LogP contribution in [0.2, 0.25) is 0 Å². The van der Waals surface area contributed by atoms with Gasteiger partial charge in [0.25, 0.3) is 5.69 Å². The first kappa shape index (κ1) is 15.4. The fourth-order valence-corrected chi connectivity index (χ4v) is 1.62. The minimum absolute atomic E-state index is 0.0669. The summed E-state index contributed by atoms with van der Waals surface area (Å²) in [5, 5.41) is 13.1. The number of benzene rings is 1. The molecule has 1 aromatic carbocycles. The number of non-ortho nitro benzene ring substituents is 1. The standard InChI is InChI=1S/C13H15N3O4/c1-2-4-11(13(14)18)15-12(17)8-9-5-3-6-10(7-9)16(19)20/h2-3,5-7,11H,1,4,8H2,(H2,14,18)(H,15,17)/t11-/m1/s1. The smallest absolute Gasteiger partial charge is 0.269 e. The lowest BCUT2D eigenvalue weighted by molar-refractivity contribution is -0.384. The molecule has 0 aromatic heterocycles. The summed E-state index contributed by atoms with van der Waals surface area (Å²) in [4.78, 5) is 32.9. The third kappa shape index (κ3) is 4.52. The lowest BCUT2D eigenvalue weighted by Crippen LogP contribution is -2.44. The van der Waals surface area contributed by atoms with Crippen molar-refractivity contribution >= 4 is 17.5 Å². The van der Waals surface area contributed by atoms with E-state index >= 15 is 0 Å². The summed E-state index contributed by atoms with van der Waals surface area (Å²) < 4.78 is 0. The van der Waals surface area contributed by atoms with Crippen molar-refractivity contribution in [2.45, 2.75) is 18.9 Å². The third-order valence-electron chi connectivity index (χ3n) is 2.57. The maximum atomic E-state index is 11.8. The molecule has 0 aliphatic rings. The highest BCUT2D eigenvalue weighted by Crippen LogP contribution is 2.13. The molecule has 20 heavy (non-hydrogen) atoms. The molecule has 0 spiro atoms. The van der Waals surface area contributed by atoms with E-state index in [1.807, 2.05) is 0 Å². The Kier molecular flexibility index (Phi) is 5.40. The van der Waals surface area contributed by atoms with Crippen LogP contribution in [0.5, 0.6) is 0 Å². The van der Waals surface area contributed by atoms with Crippen molar-refractivity contribution in [2.24, 2.45) is 5.73 Å². The molecular weight excluding hydrogens is 262 g/mol. The predicted octanol–water partition coefficient (Wildman–Crippen LogP) is 0.684. The molecule has 0 heterocycles. The summed E-state index contributed by atoms with van der Waals surface area (Å²) in [5.74, 6) is -1.09. The zero-order chi connectivity index (χ0) is 15.1. The summed E-state index contributed by atoms with van der Waals surface area (Å²) in [6, 6.07) is 4.92. The van der Waals surface area contributed by atoms with Crippen LogP contribution in [0.3, 0.4) is 0 Å². The van der Waals surface area contributed by atoms with Gasteiger partial charge < -0.3 is 11.1 Å². The Labute approximate surface area is 115 Å².